The lowest BCUT2D eigenvalue weighted by atomic mass is 10.1. The van der Waals surface area contributed by atoms with Crippen molar-refractivity contribution in [1.82, 2.24) is 9.55 Å². The molecule has 1 amide bonds. The van der Waals surface area contributed by atoms with Crippen molar-refractivity contribution in [1.29, 1.82) is 0 Å². The first kappa shape index (κ1) is 21.8. The Kier molecular flexibility index (Phi) is 6.66. The number of aromatic nitrogens is 2. The van der Waals surface area contributed by atoms with Crippen LogP contribution in [0.15, 0.2) is 64.8 Å². The lowest BCUT2D eigenvalue weighted by Crippen LogP contribution is -2.30. The second kappa shape index (κ2) is 9.78. The topological polar surface area (TPSA) is 84.2 Å². The molecule has 164 valence electrons. The third-order valence-corrected chi connectivity index (χ3v) is 6.16. The molecule has 0 spiro atoms. The summed E-state index contributed by atoms with van der Waals surface area (Å²) in [6.45, 7) is 2.63. The molecule has 32 heavy (non-hydrogen) atoms. The Morgan fingerprint density at radius 1 is 1.06 bits per heavy atom. The molecule has 2 aromatic heterocycles. The van der Waals surface area contributed by atoms with Crippen molar-refractivity contribution < 1.29 is 9.90 Å². The molecule has 0 fully saturated rings. The largest absolute Gasteiger partial charge is 0.506 e. The van der Waals surface area contributed by atoms with Crippen LogP contribution in [0.2, 0.25) is 0 Å². The van der Waals surface area contributed by atoms with E-state index >= 15 is 0 Å². The fourth-order valence-corrected chi connectivity index (χ4v) is 4.46. The first-order valence-corrected chi connectivity index (χ1v) is 11.6. The number of thiazole rings is 1. The van der Waals surface area contributed by atoms with E-state index in [0.717, 1.165) is 36.9 Å². The van der Waals surface area contributed by atoms with Gasteiger partial charge in [0.15, 0.2) is 5.13 Å². The van der Waals surface area contributed by atoms with Gasteiger partial charge in [0.1, 0.15) is 11.3 Å². The summed E-state index contributed by atoms with van der Waals surface area (Å²) >= 11 is 1.27. The Labute approximate surface area is 190 Å². The van der Waals surface area contributed by atoms with Crippen LogP contribution in [0.1, 0.15) is 43.0 Å². The maximum Gasteiger partial charge on any atom is 0.267 e. The molecule has 0 radical (unpaired) electrons. The van der Waals surface area contributed by atoms with Crippen LogP contribution in [0, 0.1) is 0 Å². The van der Waals surface area contributed by atoms with E-state index in [1.54, 1.807) is 22.8 Å². The van der Waals surface area contributed by atoms with Crippen LogP contribution in [0.4, 0.5) is 5.13 Å². The number of amides is 1. The minimum Gasteiger partial charge on any atom is -0.506 e. The number of nitrogens with one attached hydrogen (secondary N) is 1. The Hall–Kier alpha value is -3.45. The van der Waals surface area contributed by atoms with Crippen molar-refractivity contribution in [3.8, 4) is 17.0 Å². The number of aryl methyl sites for hydroxylation is 1. The van der Waals surface area contributed by atoms with Gasteiger partial charge in [-0.1, -0.05) is 68.7 Å². The number of nitrogens with zero attached hydrogens (tertiary/aromatic N) is 2. The summed E-state index contributed by atoms with van der Waals surface area (Å²) in [4.78, 5) is 30.8. The molecule has 0 atom stereocenters. The van der Waals surface area contributed by atoms with Crippen molar-refractivity contribution in [3.63, 3.8) is 0 Å². The first-order valence-electron chi connectivity index (χ1n) is 10.8. The van der Waals surface area contributed by atoms with Gasteiger partial charge < -0.3 is 9.67 Å². The van der Waals surface area contributed by atoms with E-state index in [0.29, 0.717) is 22.6 Å². The molecule has 0 unspecified atom stereocenters. The van der Waals surface area contributed by atoms with E-state index in [1.165, 1.54) is 11.3 Å². The van der Waals surface area contributed by atoms with Crippen LogP contribution in [0.25, 0.3) is 22.2 Å². The molecule has 6 nitrogen and oxygen atoms in total. The second-order valence-electron chi connectivity index (χ2n) is 7.62. The number of pyridine rings is 1. The molecule has 0 aliphatic heterocycles. The third-order valence-electron chi connectivity index (χ3n) is 5.40. The van der Waals surface area contributed by atoms with Crippen LogP contribution in [-0.4, -0.2) is 20.6 Å². The molecule has 0 aliphatic carbocycles. The lowest BCUT2D eigenvalue weighted by Gasteiger charge is -2.14. The van der Waals surface area contributed by atoms with Gasteiger partial charge in [0.05, 0.1) is 11.2 Å². The Bertz CT molecular complexity index is 1300. The maximum atomic E-state index is 13.3. The SMILES string of the molecule is CCCCCCn1c(=O)c(C(=O)Nc2nc(-c3ccccc3)cs2)c(O)c2ccccc21. The molecule has 2 aromatic carbocycles. The third kappa shape index (κ3) is 4.43. The number of benzene rings is 2. The highest BCUT2D eigenvalue weighted by Crippen LogP contribution is 2.29. The average molecular weight is 448 g/mol. The number of anilines is 1. The highest BCUT2D eigenvalue weighted by atomic mass is 32.1. The number of aromatic hydroxyl groups is 1. The van der Waals surface area contributed by atoms with Gasteiger partial charge >= 0.3 is 0 Å². The molecule has 0 saturated heterocycles. The average Bonchev–Trinajstić information content (AvgIpc) is 3.27. The van der Waals surface area contributed by atoms with Crippen LogP contribution in [0.5, 0.6) is 5.75 Å². The van der Waals surface area contributed by atoms with E-state index in [-0.39, 0.29) is 11.3 Å². The summed E-state index contributed by atoms with van der Waals surface area (Å²) < 4.78 is 1.59. The Morgan fingerprint density at radius 2 is 1.81 bits per heavy atom. The molecular formula is C25H25N3O3S. The van der Waals surface area contributed by atoms with Gasteiger partial charge in [0.2, 0.25) is 0 Å². The lowest BCUT2D eigenvalue weighted by molar-refractivity contribution is 0.102. The predicted octanol–water partition coefficient (Wildman–Crippen LogP) is 5.66. The molecule has 0 aliphatic rings. The zero-order valence-corrected chi connectivity index (χ0v) is 18.7. The molecule has 4 aromatic rings. The monoisotopic (exact) mass is 447 g/mol. The number of carbonyl (C=O) groups excluding carboxylic acids is 1. The molecule has 0 saturated carbocycles. The summed E-state index contributed by atoms with van der Waals surface area (Å²) in [6, 6.07) is 16.8. The van der Waals surface area contributed by atoms with Crippen molar-refractivity contribution in [2.75, 3.05) is 5.32 Å². The molecule has 4 rings (SSSR count). The normalized spacial score (nSPS) is 11.0. The zero-order valence-electron chi connectivity index (χ0n) is 17.9. The van der Waals surface area contributed by atoms with E-state index < -0.39 is 11.5 Å². The maximum absolute atomic E-state index is 13.3. The van der Waals surface area contributed by atoms with Crippen LogP contribution < -0.4 is 10.9 Å². The minimum atomic E-state index is -0.658. The summed E-state index contributed by atoms with van der Waals surface area (Å²) in [6.07, 6.45) is 4.01. The summed E-state index contributed by atoms with van der Waals surface area (Å²) in [5.41, 5.74) is 1.56. The molecule has 7 heteroatoms. The number of fused-ring (bicyclic) bond motifs is 1. The summed E-state index contributed by atoms with van der Waals surface area (Å²) in [5, 5.41) is 16.2. The van der Waals surface area contributed by atoms with E-state index in [1.807, 2.05) is 41.8 Å². The number of hydrogen-bond acceptors (Lipinski definition) is 5. The van der Waals surface area contributed by atoms with E-state index in [9.17, 15) is 14.7 Å². The Morgan fingerprint density at radius 3 is 2.59 bits per heavy atom. The number of hydrogen-bond donors (Lipinski definition) is 2. The fraction of sp³-hybridized carbons (Fsp3) is 0.240. The first-order chi connectivity index (χ1) is 15.6. The number of unbranched alkanes of at least 4 members (excludes halogenated alkanes) is 3. The highest BCUT2D eigenvalue weighted by molar-refractivity contribution is 7.14. The van der Waals surface area contributed by atoms with E-state index in [4.69, 9.17) is 0 Å². The number of para-hydroxylation sites is 1. The molecular weight excluding hydrogens is 422 g/mol. The smallest absolute Gasteiger partial charge is 0.267 e. The van der Waals surface area contributed by atoms with Crippen molar-refractivity contribution in [3.05, 3.63) is 75.9 Å². The predicted molar refractivity (Wildman–Crippen MR) is 130 cm³/mol. The van der Waals surface area contributed by atoms with Crippen molar-refractivity contribution in [2.45, 2.75) is 39.2 Å². The zero-order chi connectivity index (χ0) is 22.5. The van der Waals surface area contributed by atoms with Gasteiger partial charge in [0, 0.05) is 22.9 Å². The standard InChI is InChI=1S/C25H25N3O3S/c1-2-3-4-10-15-28-20-14-9-8-13-18(20)22(29)21(24(28)31)23(30)27-25-26-19(16-32-25)17-11-6-5-7-12-17/h5-9,11-14,16,29H,2-4,10,15H2,1H3,(H,26,27,30). The Balaban J connectivity index is 1.67. The molecule has 2 N–H and O–H groups in total. The fourth-order valence-electron chi connectivity index (χ4n) is 3.75. The van der Waals surface area contributed by atoms with Gasteiger partial charge in [-0.2, -0.15) is 0 Å². The summed E-state index contributed by atoms with van der Waals surface area (Å²) in [7, 11) is 0. The van der Waals surface area contributed by atoms with Crippen LogP contribution >= 0.6 is 11.3 Å². The molecule has 2 heterocycles. The van der Waals surface area contributed by atoms with Crippen molar-refractivity contribution >= 4 is 33.3 Å². The van der Waals surface area contributed by atoms with Crippen LogP contribution in [0.3, 0.4) is 0 Å². The van der Waals surface area contributed by atoms with Crippen LogP contribution in [-0.2, 0) is 6.54 Å². The molecule has 0 bridgehead atoms. The number of rotatable bonds is 8. The second-order valence-corrected chi connectivity index (χ2v) is 8.47. The van der Waals surface area contributed by atoms with Crippen molar-refractivity contribution in [2.24, 2.45) is 0 Å². The summed E-state index contributed by atoms with van der Waals surface area (Å²) in [5.74, 6) is -0.956. The highest BCUT2D eigenvalue weighted by Gasteiger charge is 2.23. The minimum absolute atomic E-state index is 0.254. The quantitative estimate of drug-likeness (QED) is 0.341. The van der Waals surface area contributed by atoms with E-state index in [2.05, 4.69) is 17.2 Å². The van der Waals surface area contributed by atoms with Gasteiger partial charge in [-0.15, -0.1) is 11.3 Å². The van der Waals surface area contributed by atoms with Gasteiger partial charge in [0.25, 0.3) is 11.5 Å². The van der Waals surface area contributed by atoms with Gasteiger partial charge in [-0.25, -0.2) is 4.98 Å². The van der Waals surface area contributed by atoms with Gasteiger partial charge in [-0.05, 0) is 18.6 Å². The van der Waals surface area contributed by atoms with Gasteiger partial charge in [-0.3, -0.25) is 14.9 Å². The number of carbonyl (C=O) groups is 1.